The van der Waals surface area contributed by atoms with Crippen LogP contribution in [0.1, 0.15) is 0 Å². The molecular weight excluding hydrogens is 882 g/mol. The van der Waals surface area contributed by atoms with Gasteiger partial charge in [0.2, 0.25) is 0 Å². The molecule has 0 aliphatic carbocycles. The van der Waals surface area contributed by atoms with Gasteiger partial charge >= 0.3 is 19.5 Å². The zero-order chi connectivity index (χ0) is 39.7. The van der Waals surface area contributed by atoms with E-state index < -0.39 is 60.1 Å². The molecule has 4 N–H and O–H groups in total. The van der Waals surface area contributed by atoms with Gasteiger partial charge in [-0.05, 0) is 70.1 Å². The molecule has 0 atom stereocenters. The molecule has 282 valence electrons. The molecule has 0 spiro atoms. The first-order chi connectivity index (χ1) is 26.2. The molecule has 57 heavy (non-hydrogen) atoms. The van der Waals surface area contributed by atoms with Gasteiger partial charge in [0.1, 0.15) is 0 Å². The standard InChI is InChI=1S/C32H16N8O12S4.Zn/c41-53(42,43)13-1-5-17-21(9-13)29-33-25(17)37-30-22-10-14(54(44,45)46)2-6-18(22)27(34-30)39-32-24-12-16(56(50,51)52)4-8-20(24)28(36-32)40-31-23-11-15(55(47,48)49)3-7-19(23)26(35-31)38-29;/h1-12H,(H4-2,33,34,35,36,37,38,39,40,41,42,43,44,45,46,47,48,49,50,51,52);/q-2;+2. The Morgan fingerprint density at radius 3 is 0.965 bits per heavy atom. The summed E-state index contributed by atoms with van der Waals surface area (Å²) in [5.41, 5.74) is -0.259. The van der Waals surface area contributed by atoms with Gasteiger partial charge in [-0.1, -0.05) is 24.3 Å². The maximum Gasteiger partial charge on any atom is 2.00 e. The van der Waals surface area contributed by atoms with Gasteiger partial charge in [-0.25, -0.2) is 9.97 Å². The van der Waals surface area contributed by atoms with E-state index in [2.05, 4.69) is 39.9 Å². The van der Waals surface area contributed by atoms with Crippen LogP contribution in [0.25, 0.3) is 89.7 Å². The van der Waals surface area contributed by atoms with Crippen molar-refractivity contribution in [1.82, 2.24) is 39.9 Å². The molecule has 7 aromatic rings. The maximum absolute atomic E-state index is 12.2. The van der Waals surface area contributed by atoms with Gasteiger partial charge in [-0.2, -0.15) is 33.7 Å². The first kappa shape index (κ1) is 38.4. The van der Waals surface area contributed by atoms with Gasteiger partial charge in [0.05, 0.1) is 42.9 Å². The number of hydrogen-bond donors (Lipinski definition) is 4. The number of fused-ring (bicyclic) bond motifs is 20. The van der Waals surface area contributed by atoms with E-state index in [1.54, 1.807) is 0 Å². The summed E-state index contributed by atoms with van der Waals surface area (Å²) >= 11 is 0. The molecule has 5 heterocycles. The van der Waals surface area contributed by atoms with Crippen LogP contribution in [0.3, 0.4) is 0 Å². The maximum atomic E-state index is 12.2. The van der Waals surface area contributed by atoms with Crippen LogP contribution in [-0.4, -0.2) is 81.8 Å². The van der Waals surface area contributed by atoms with Crippen molar-refractivity contribution in [2.75, 3.05) is 0 Å². The monoisotopic (exact) mass is 896 g/mol. The molecule has 8 bridgehead atoms. The third kappa shape index (κ3) is 6.57. The third-order valence-corrected chi connectivity index (χ3v) is 12.2. The van der Waals surface area contributed by atoms with Crippen molar-refractivity contribution in [1.29, 1.82) is 0 Å². The van der Waals surface area contributed by atoms with Crippen LogP contribution in [0.4, 0.5) is 0 Å². The smallest absolute Gasteiger partial charge is 0.357 e. The summed E-state index contributed by atoms with van der Waals surface area (Å²) in [7, 11) is -19.0. The molecule has 0 fully saturated rings. The van der Waals surface area contributed by atoms with Crippen molar-refractivity contribution < 1.29 is 71.4 Å². The molecule has 20 nitrogen and oxygen atoms in total. The van der Waals surface area contributed by atoms with Crippen LogP contribution >= 0.6 is 0 Å². The first-order valence-electron chi connectivity index (χ1n) is 15.4. The molecular formula is C32H16N8O12S4Zn. The van der Waals surface area contributed by atoms with E-state index in [9.17, 15) is 51.9 Å². The zero-order valence-corrected chi connectivity index (χ0v) is 34.1. The molecule has 4 aromatic carbocycles. The van der Waals surface area contributed by atoms with E-state index in [4.69, 9.17) is 0 Å². The average Bonchev–Trinajstić information content (AvgIpc) is 3.84. The fourth-order valence-corrected chi connectivity index (χ4v) is 8.25. The van der Waals surface area contributed by atoms with Crippen LogP contribution in [0, 0.1) is 0 Å². The van der Waals surface area contributed by atoms with Crippen LogP contribution in [0.2, 0.25) is 0 Å². The Balaban J connectivity index is 0.00000455. The van der Waals surface area contributed by atoms with Crippen molar-refractivity contribution in [3.63, 3.8) is 0 Å². The van der Waals surface area contributed by atoms with Crippen molar-refractivity contribution in [3.8, 4) is 45.6 Å². The second kappa shape index (κ2) is 12.8. The molecule has 25 heteroatoms. The van der Waals surface area contributed by atoms with Gasteiger partial charge in [-0.15, -0.1) is 0 Å². The van der Waals surface area contributed by atoms with E-state index in [-0.39, 0.29) is 109 Å². The van der Waals surface area contributed by atoms with Crippen LogP contribution in [0.5, 0.6) is 0 Å². The molecule has 0 saturated carbocycles. The molecule has 9 rings (SSSR count). The summed E-state index contributed by atoms with van der Waals surface area (Å²) in [5.74, 6) is -0.667. The predicted molar refractivity (Wildman–Crippen MR) is 193 cm³/mol. The Kier molecular flexibility index (Phi) is 8.59. The molecule has 0 radical (unpaired) electrons. The van der Waals surface area contributed by atoms with E-state index in [0.717, 1.165) is 48.5 Å². The van der Waals surface area contributed by atoms with Crippen molar-refractivity contribution in [2.24, 2.45) is 0 Å². The minimum atomic E-state index is -4.75. The Bertz CT molecular complexity index is 3380. The summed E-state index contributed by atoms with van der Waals surface area (Å²) < 4.78 is 137. The number of benzene rings is 4. The largest absolute Gasteiger partial charge is 2.00 e. The van der Waals surface area contributed by atoms with Gasteiger partial charge in [0.25, 0.3) is 40.5 Å². The zero-order valence-electron chi connectivity index (χ0n) is 27.9. The molecule has 0 amide bonds. The summed E-state index contributed by atoms with van der Waals surface area (Å²) in [6.45, 7) is 0. The van der Waals surface area contributed by atoms with E-state index in [1.165, 1.54) is 24.3 Å². The SMILES string of the molecule is O=S(=O)(O)c1ccc2c(c1)-c1nc-2nc2[n-]c(nc3nc(nc4[n-]c(n1)c1ccc(S(=O)(=O)O)cc41)-c1ccc(S(=O)(=O)O)cc1-3)c1ccc(S(=O)(=O)O)cc21.[Zn+2]. The second-order valence-corrected chi connectivity index (χ2v) is 17.9. The Morgan fingerprint density at radius 2 is 0.632 bits per heavy atom. The van der Waals surface area contributed by atoms with Gasteiger partial charge < -0.3 is 29.9 Å². The van der Waals surface area contributed by atoms with Crippen LogP contribution < -0.4 is 9.97 Å². The summed E-state index contributed by atoms with van der Waals surface area (Å²) in [4.78, 5) is 34.1. The Morgan fingerprint density at radius 1 is 0.351 bits per heavy atom. The number of aromatic nitrogens is 8. The normalized spacial score (nSPS) is 13.0. The molecule has 2 aliphatic heterocycles. The summed E-state index contributed by atoms with van der Waals surface area (Å²) in [6, 6.07) is 13.7. The van der Waals surface area contributed by atoms with Crippen molar-refractivity contribution in [2.45, 2.75) is 19.6 Å². The fourth-order valence-electron chi connectivity index (χ4n) is 6.22. The van der Waals surface area contributed by atoms with E-state index in [0.29, 0.717) is 0 Å². The van der Waals surface area contributed by atoms with E-state index >= 15 is 0 Å². The van der Waals surface area contributed by atoms with Gasteiger partial charge in [0.15, 0.2) is 0 Å². The van der Waals surface area contributed by atoms with E-state index in [1.807, 2.05) is 0 Å². The Hall–Kier alpha value is -5.50. The summed E-state index contributed by atoms with van der Waals surface area (Å²) in [5, 5.41) is 0.408. The Labute approximate surface area is 331 Å². The molecule has 2 aliphatic rings. The molecule has 0 saturated heterocycles. The predicted octanol–water partition coefficient (Wildman–Crippen LogP) is 3.11. The topological polar surface area (TPSA) is 323 Å². The quantitative estimate of drug-likeness (QED) is 0.146. The van der Waals surface area contributed by atoms with Gasteiger partial charge in [0, 0.05) is 44.8 Å². The third-order valence-electron chi connectivity index (χ3n) is 8.78. The number of hydrogen-bond acceptors (Lipinski definition) is 14. The van der Waals surface area contributed by atoms with Crippen molar-refractivity contribution >= 4 is 84.6 Å². The second-order valence-electron chi connectivity index (χ2n) is 12.2. The average molecular weight is 898 g/mol. The van der Waals surface area contributed by atoms with Crippen molar-refractivity contribution in [3.05, 3.63) is 72.8 Å². The fraction of sp³-hybridized carbons (Fsp3) is 0. The van der Waals surface area contributed by atoms with Crippen LogP contribution in [0.15, 0.2) is 92.4 Å². The number of nitrogens with zero attached hydrogens (tertiary/aromatic N) is 8. The minimum Gasteiger partial charge on any atom is -0.357 e. The van der Waals surface area contributed by atoms with Gasteiger partial charge in [-0.3, -0.25) is 18.2 Å². The summed E-state index contributed by atoms with van der Waals surface area (Å²) in [6.07, 6.45) is 0. The minimum absolute atomic E-state index is 0. The molecule has 0 unspecified atom stereocenters. The number of rotatable bonds is 4. The first-order valence-corrected chi connectivity index (χ1v) is 21.2. The molecule has 3 aromatic heterocycles. The van der Waals surface area contributed by atoms with Crippen LogP contribution in [-0.2, 0) is 60.0 Å².